The van der Waals surface area contributed by atoms with Gasteiger partial charge < -0.3 is 5.32 Å². The third-order valence-electron chi connectivity index (χ3n) is 3.65. The van der Waals surface area contributed by atoms with Crippen LogP contribution in [0.1, 0.15) is 36.5 Å². The van der Waals surface area contributed by atoms with Gasteiger partial charge in [0.25, 0.3) is 11.8 Å². The van der Waals surface area contributed by atoms with Crippen LogP contribution in [0.4, 0.5) is 4.39 Å². The minimum absolute atomic E-state index is 0.172. The number of nitrogens with one attached hydrogen (secondary N) is 2. The molecule has 0 saturated carbocycles. The molecule has 0 bridgehead atoms. The molecule has 1 aliphatic rings. The number of rotatable bonds is 5. The van der Waals surface area contributed by atoms with Gasteiger partial charge in [-0.3, -0.25) is 9.59 Å². The molecule has 1 unspecified atom stereocenters. The van der Waals surface area contributed by atoms with Crippen LogP contribution in [0.3, 0.4) is 0 Å². The summed E-state index contributed by atoms with van der Waals surface area (Å²) >= 11 is 0. The van der Waals surface area contributed by atoms with E-state index in [-0.39, 0.29) is 12.1 Å². The third-order valence-corrected chi connectivity index (χ3v) is 3.65. The molecule has 0 aromatic heterocycles. The molecule has 5 nitrogen and oxygen atoms in total. The van der Waals surface area contributed by atoms with Crippen molar-refractivity contribution in [1.82, 2.24) is 10.7 Å². The Hall–Kier alpha value is -2.50. The quantitative estimate of drug-likeness (QED) is 0.497. The molecule has 1 aromatic rings. The van der Waals surface area contributed by atoms with Crippen LogP contribution in [0.15, 0.2) is 41.0 Å². The Morgan fingerprint density at radius 1 is 1.43 bits per heavy atom. The van der Waals surface area contributed by atoms with E-state index in [0.717, 1.165) is 25.3 Å². The van der Waals surface area contributed by atoms with Gasteiger partial charge in [-0.25, -0.2) is 9.82 Å². The zero-order valence-electron chi connectivity index (χ0n) is 13.0. The Kier molecular flexibility index (Phi) is 6.02. The molecule has 1 aliphatic carbocycles. The molecule has 0 saturated heterocycles. The predicted molar refractivity (Wildman–Crippen MR) is 86.5 cm³/mol. The average molecular weight is 317 g/mol. The maximum absolute atomic E-state index is 13.0. The van der Waals surface area contributed by atoms with Crippen molar-refractivity contribution >= 4 is 18.0 Å². The molecular weight excluding hydrogens is 297 g/mol. The lowest BCUT2D eigenvalue weighted by Gasteiger charge is -2.15. The van der Waals surface area contributed by atoms with Gasteiger partial charge in [-0.2, -0.15) is 5.10 Å². The molecule has 1 aromatic carbocycles. The maximum atomic E-state index is 13.0. The molecule has 0 radical (unpaired) electrons. The first-order valence-electron chi connectivity index (χ1n) is 7.56. The van der Waals surface area contributed by atoms with Crippen molar-refractivity contribution < 1.29 is 14.0 Å². The van der Waals surface area contributed by atoms with Gasteiger partial charge in [0.1, 0.15) is 5.82 Å². The second-order valence-electron chi connectivity index (χ2n) is 5.59. The van der Waals surface area contributed by atoms with E-state index in [0.29, 0.717) is 5.92 Å². The molecule has 1 atom stereocenters. The van der Waals surface area contributed by atoms with Crippen LogP contribution < -0.4 is 10.7 Å². The number of hydrogen-bond acceptors (Lipinski definition) is 3. The number of halogens is 1. The van der Waals surface area contributed by atoms with Crippen LogP contribution >= 0.6 is 0 Å². The van der Waals surface area contributed by atoms with Crippen molar-refractivity contribution in [2.75, 3.05) is 6.54 Å². The first-order chi connectivity index (χ1) is 11.0. The summed E-state index contributed by atoms with van der Waals surface area (Å²) in [5.41, 5.74) is 3.94. The van der Waals surface area contributed by atoms with Crippen LogP contribution in [0.5, 0.6) is 0 Å². The second kappa shape index (κ2) is 8.22. The highest BCUT2D eigenvalue weighted by atomic mass is 19.1. The summed E-state index contributed by atoms with van der Waals surface area (Å²) < 4.78 is 13.0. The molecule has 0 spiro atoms. The molecule has 2 N–H and O–H groups in total. The molecule has 0 aliphatic heterocycles. The zero-order valence-corrected chi connectivity index (χ0v) is 13.0. The summed E-state index contributed by atoms with van der Waals surface area (Å²) in [7, 11) is 0. The topological polar surface area (TPSA) is 70.6 Å². The summed E-state index contributed by atoms with van der Waals surface area (Å²) in [6.07, 6.45) is 6.92. The van der Waals surface area contributed by atoms with Crippen molar-refractivity contribution in [1.29, 1.82) is 0 Å². The van der Waals surface area contributed by atoms with Crippen LogP contribution in [-0.4, -0.2) is 24.6 Å². The van der Waals surface area contributed by atoms with Crippen molar-refractivity contribution in [2.24, 2.45) is 11.0 Å². The second-order valence-corrected chi connectivity index (χ2v) is 5.59. The smallest absolute Gasteiger partial charge is 0.259 e. The average Bonchev–Trinajstić information content (AvgIpc) is 2.54. The van der Waals surface area contributed by atoms with E-state index < -0.39 is 17.6 Å². The van der Waals surface area contributed by atoms with Gasteiger partial charge in [-0.05, 0) is 50.3 Å². The lowest BCUT2D eigenvalue weighted by molar-refractivity contribution is -0.120. The van der Waals surface area contributed by atoms with Gasteiger partial charge in [0, 0.05) is 11.8 Å². The van der Waals surface area contributed by atoms with Crippen molar-refractivity contribution in [2.45, 2.75) is 26.2 Å². The monoisotopic (exact) mass is 317 g/mol. The van der Waals surface area contributed by atoms with Gasteiger partial charge >= 0.3 is 0 Å². The van der Waals surface area contributed by atoms with E-state index >= 15 is 0 Å². The van der Waals surface area contributed by atoms with Crippen LogP contribution in [0.2, 0.25) is 0 Å². The highest BCUT2D eigenvalue weighted by molar-refractivity contribution is 5.96. The molecule has 23 heavy (non-hydrogen) atoms. The Bertz CT molecular complexity index is 640. The lowest BCUT2D eigenvalue weighted by atomic mass is 9.91. The first kappa shape index (κ1) is 16.9. The fourth-order valence-electron chi connectivity index (χ4n) is 2.27. The minimum atomic E-state index is -0.503. The van der Waals surface area contributed by atoms with Crippen molar-refractivity contribution in [3.63, 3.8) is 0 Å². The maximum Gasteiger partial charge on any atom is 0.259 e. The number of nitrogens with zero attached hydrogens (tertiary/aromatic N) is 1. The van der Waals surface area contributed by atoms with Crippen molar-refractivity contribution in [3.05, 3.63) is 47.3 Å². The minimum Gasteiger partial charge on any atom is -0.343 e. The summed E-state index contributed by atoms with van der Waals surface area (Å²) in [4.78, 5) is 23.4. The Morgan fingerprint density at radius 2 is 2.26 bits per heavy atom. The molecule has 6 heteroatoms. The normalized spacial score (nSPS) is 17.7. The van der Waals surface area contributed by atoms with Crippen LogP contribution in [0, 0.1) is 11.7 Å². The highest BCUT2D eigenvalue weighted by Crippen LogP contribution is 2.21. The number of benzene rings is 1. The standard InChI is InChI=1S/C17H20FN3O2/c1-12-5-7-13(8-6-12)10-20-21-16(22)11-19-17(23)14-3-2-4-15(18)9-14/h2-5,9-10,13H,6-8,11H2,1H3,(H,19,23)(H,21,22)/b20-10+. The summed E-state index contributed by atoms with van der Waals surface area (Å²) in [5, 5.41) is 6.34. The number of carbonyl (C=O) groups is 2. The third kappa shape index (κ3) is 5.65. The molecule has 0 fully saturated rings. The Balaban J connectivity index is 1.72. The van der Waals surface area contributed by atoms with Gasteiger partial charge in [0.15, 0.2) is 0 Å². The zero-order chi connectivity index (χ0) is 16.7. The van der Waals surface area contributed by atoms with Gasteiger partial charge in [-0.15, -0.1) is 0 Å². The van der Waals surface area contributed by atoms with E-state index in [9.17, 15) is 14.0 Å². The van der Waals surface area contributed by atoms with E-state index in [1.165, 1.54) is 23.8 Å². The number of carbonyl (C=O) groups excluding carboxylic acids is 2. The number of allylic oxidation sites excluding steroid dienone is 2. The molecule has 0 heterocycles. The highest BCUT2D eigenvalue weighted by Gasteiger charge is 2.11. The van der Waals surface area contributed by atoms with Gasteiger partial charge in [0.2, 0.25) is 0 Å². The van der Waals surface area contributed by atoms with Crippen molar-refractivity contribution in [3.8, 4) is 0 Å². The summed E-state index contributed by atoms with van der Waals surface area (Å²) in [5.74, 6) is -1.09. The lowest BCUT2D eigenvalue weighted by Crippen LogP contribution is -2.35. The summed E-state index contributed by atoms with van der Waals surface area (Å²) in [6, 6.07) is 5.28. The number of amides is 2. The number of hydrogen-bond donors (Lipinski definition) is 2. The fourth-order valence-corrected chi connectivity index (χ4v) is 2.27. The van der Waals surface area contributed by atoms with E-state index in [2.05, 4.69) is 28.8 Å². The predicted octanol–water partition coefficient (Wildman–Crippen LogP) is 2.40. The largest absolute Gasteiger partial charge is 0.343 e. The molecule has 122 valence electrons. The van der Waals surface area contributed by atoms with Gasteiger partial charge in [0.05, 0.1) is 6.54 Å². The fraction of sp³-hybridized carbons (Fsp3) is 0.353. The van der Waals surface area contributed by atoms with Gasteiger partial charge in [-0.1, -0.05) is 17.7 Å². The molecular formula is C17H20FN3O2. The number of hydrazone groups is 1. The van der Waals surface area contributed by atoms with E-state index in [1.807, 2.05) is 0 Å². The Morgan fingerprint density at radius 3 is 2.96 bits per heavy atom. The van der Waals surface area contributed by atoms with E-state index in [4.69, 9.17) is 0 Å². The SMILES string of the molecule is CC1=CCC(/C=N/NC(=O)CNC(=O)c2cccc(F)c2)CC1. The first-order valence-corrected chi connectivity index (χ1v) is 7.56. The molecule has 2 rings (SSSR count). The van der Waals surface area contributed by atoms with E-state index in [1.54, 1.807) is 6.21 Å². The molecule has 2 amide bonds. The van der Waals surface area contributed by atoms with Crippen LogP contribution in [-0.2, 0) is 4.79 Å². The van der Waals surface area contributed by atoms with Crippen LogP contribution in [0.25, 0.3) is 0 Å². The Labute approximate surface area is 134 Å². The summed E-state index contributed by atoms with van der Waals surface area (Å²) in [6.45, 7) is 1.90.